The number of nitrogens with one attached hydrogen (secondary N) is 2. The van der Waals surface area contributed by atoms with E-state index in [2.05, 4.69) is 10.6 Å². The monoisotopic (exact) mass is 272 g/mol. The fourth-order valence-electron chi connectivity index (χ4n) is 1.90. The van der Waals surface area contributed by atoms with Crippen molar-refractivity contribution in [2.24, 2.45) is 0 Å². The second-order valence-electron chi connectivity index (χ2n) is 4.22. The third-order valence-electron chi connectivity index (χ3n) is 2.79. The summed E-state index contributed by atoms with van der Waals surface area (Å²) in [5, 5.41) is 4.91. The molecule has 0 bridgehead atoms. The van der Waals surface area contributed by atoms with Gasteiger partial charge in [0, 0.05) is 13.0 Å². The van der Waals surface area contributed by atoms with Crippen LogP contribution in [0.5, 0.6) is 0 Å². The van der Waals surface area contributed by atoms with Crippen molar-refractivity contribution in [2.45, 2.75) is 18.6 Å². The van der Waals surface area contributed by atoms with Gasteiger partial charge in [-0.1, -0.05) is 12.1 Å². The topological polar surface area (TPSA) is 58.2 Å². The molecule has 0 radical (unpaired) electrons. The van der Waals surface area contributed by atoms with E-state index in [1.165, 1.54) is 12.1 Å². The molecule has 2 N–H and O–H groups in total. The molecule has 19 heavy (non-hydrogen) atoms. The quantitative estimate of drug-likeness (QED) is 0.853. The van der Waals surface area contributed by atoms with Crippen LogP contribution in [0.1, 0.15) is 22.3 Å². The molecule has 1 atom stereocenters. The molecule has 1 aliphatic heterocycles. The maximum absolute atomic E-state index is 12.7. The van der Waals surface area contributed by atoms with Gasteiger partial charge in [0.1, 0.15) is 0 Å². The van der Waals surface area contributed by atoms with Gasteiger partial charge < -0.3 is 10.6 Å². The molecule has 0 aliphatic carbocycles. The Morgan fingerprint density at radius 2 is 2.00 bits per heavy atom. The summed E-state index contributed by atoms with van der Waals surface area (Å²) < 4.78 is 38.2. The third kappa shape index (κ3) is 3.04. The highest BCUT2D eigenvalue weighted by Gasteiger charge is 2.35. The van der Waals surface area contributed by atoms with Crippen LogP contribution in [-0.4, -0.2) is 24.4 Å². The van der Waals surface area contributed by atoms with Gasteiger partial charge in [0.2, 0.25) is 5.91 Å². The van der Waals surface area contributed by atoms with E-state index in [-0.39, 0.29) is 18.9 Å². The van der Waals surface area contributed by atoms with Crippen LogP contribution < -0.4 is 10.6 Å². The standard InChI is InChI=1S/C12H11F3N2O2/c13-12(14,15)9-4-2-1-3-8(9)11(19)17-7-5-10(18)16-6-7/h1-4,7H,5-6H2,(H,16,18)(H,17,19)/t7-/m1/s1. The van der Waals surface area contributed by atoms with Crippen molar-refractivity contribution in [1.82, 2.24) is 10.6 Å². The van der Waals surface area contributed by atoms with Gasteiger partial charge in [-0.25, -0.2) is 0 Å². The van der Waals surface area contributed by atoms with E-state index in [0.29, 0.717) is 0 Å². The lowest BCUT2D eigenvalue weighted by Crippen LogP contribution is -2.37. The first kappa shape index (κ1) is 13.4. The largest absolute Gasteiger partial charge is 0.417 e. The summed E-state index contributed by atoms with van der Waals surface area (Å²) in [5.41, 5.74) is -1.42. The Hall–Kier alpha value is -2.05. The van der Waals surface area contributed by atoms with Gasteiger partial charge in [0.15, 0.2) is 0 Å². The number of halogens is 3. The number of hydrogen-bond acceptors (Lipinski definition) is 2. The van der Waals surface area contributed by atoms with Crippen LogP contribution in [0, 0.1) is 0 Å². The highest BCUT2D eigenvalue weighted by atomic mass is 19.4. The second-order valence-corrected chi connectivity index (χ2v) is 4.22. The summed E-state index contributed by atoms with van der Waals surface area (Å²) in [7, 11) is 0. The van der Waals surface area contributed by atoms with E-state index >= 15 is 0 Å². The maximum atomic E-state index is 12.7. The van der Waals surface area contributed by atoms with E-state index in [4.69, 9.17) is 0 Å². The fraction of sp³-hybridized carbons (Fsp3) is 0.333. The van der Waals surface area contributed by atoms with Crippen molar-refractivity contribution in [3.8, 4) is 0 Å². The molecule has 0 saturated carbocycles. The van der Waals surface area contributed by atoms with Gasteiger partial charge in [-0.15, -0.1) is 0 Å². The van der Waals surface area contributed by atoms with Crippen molar-refractivity contribution in [3.05, 3.63) is 35.4 Å². The summed E-state index contributed by atoms with van der Waals surface area (Å²) in [5.74, 6) is -1.05. The molecule has 7 heteroatoms. The molecule has 4 nitrogen and oxygen atoms in total. The molecule has 1 saturated heterocycles. The van der Waals surface area contributed by atoms with E-state index in [1.807, 2.05) is 0 Å². The second kappa shape index (κ2) is 4.91. The first-order valence-corrected chi connectivity index (χ1v) is 5.61. The molecule has 2 rings (SSSR count). The average molecular weight is 272 g/mol. The zero-order valence-electron chi connectivity index (χ0n) is 9.75. The SMILES string of the molecule is O=C1C[C@@H](NC(=O)c2ccccc2C(F)(F)F)CN1. The van der Waals surface area contributed by atoms with Gasteiger partial charge in [-0.05, 0) is 12.1 Å². The van der Waals surface area contributed by atoms with E-state index in [1.54, 1.807) is 0 Å². The first-order chi connectivity index (χ1) is 8.88. The van der Waals surface area contributed by atoms with Crippen molar-refractivity contribution in [2.75, 3.05) is 6.54 Å². The van der Waals surface area contributed by atoms with Gasteiger partial charge >= 0.3 is 6.18 Å². The molecule has 1 aliphatic rings. The molecule has 1 heterocycles. The van der Waals surface area contributed by atoms with Crippen LogP contribution in [0.4, 0.5) is 13.2 Å². The molecule has 102 valence electrons. The smallest absolute Gasteiger partial charge is 0.354 e. The molecular weight excluding hydrogens is 261 g/mol. The van der Waals surface area contributed by atoms with Crippen molar-refractivity contribution in [1.29, 1.82) is 0 Å². The number of hydrogen-bond donors (Lipinski definition) is 2. The van der Waals surface area contributed by atoms with Gasteiger partial charge in [0.25, 0.3) is 5.91 Å². The van der Waals surface area contributed by atoms with Gasteiger partial charge in [-0.2, -0.15) is 13.2 Å². The van der Waals surface area contributed by atoms with Crippen LogP contribution in [0.3, 0.4) is 0 Å². The number of rotatable bonds is 2. The van der Waals surface area contributed by atoms with E-state index < -0.39 is 29.3 Å². The zero-order chi connectivity index (χ0) is 14.0. The number of alkyl halides is 3. The van der Waals surface area contributed by atoms with Crippen molar-refractivity contribution >= 4 is 11.8 Å². The predicted octanol–water partition coefficient (Wildman–Crippen LogP) is 1.32. The molecule has 1 aromatic carbocycles. The maximum Gasteiger partial charge on any atom is 0.417 e. The van der Waals surface area contributed by atoms with Crippen LogP contribution in [0.15, 0.2) is 24.3 Å². The molecule has 2 amide bonds. The zero-order valence-corrected chi connectivity index (χ0v) is 9.75. The highest BCUT2D eigenvalue weighted by molar-refractivity contribution is 5.96. The minimum atomic E-state index is -4.59. The Labute approximate surface area is 107 Å². The minimum Gasteiger partial charge on any atom is -0.354 e. The van der Waals surface area contributed by atoms with Crippen molar-refractivity contribution in [3.63, 3.8) is 0 Å². The van der Waals surface area contributed by atoms with Crippen LogP contribution >= 0.6 is 0 Å². The lowest BCUT2D eigenvalue weighted by molar-refractivity contribution is -0.138. The Morgan fingerprint density at radius 1 is 1.32 bits per heavy atom. The lowest BCUT2D eigenvalue weighted by Gasteiger charge is -2.14. The third-order valence-corrected chi connectivity index (χ3v) is 2.79. The number of carbonyl (C=O) groups excluding carboxylic acids is 2. The van der Waals surface area contributed by atoms with Gasteiger partial charge in [-0.3, -0.25) is 9.59 Å². The van der Waals surface area contributed by atoms with Crippen LogP contribution in [0.25, 0.3) is 0 Å². The molecule has 1 fully saturated rings. The Balaban J connectivity index is 2.17. The minimum absolute atomic E-state index is 0.0833. The Morgan fingerprint density at radius 3 is 2.58 bits per heavy atom. The van der Waals surface area contributed by atoms with Crippen molar-refractivity contribution < 1.29 is 22.8 Å². The summed E-state index contributed by atoms with van der Waals surface area (Å²) in [6, 6.07) is 4.08. The average Bonchev–Trinajstić information content (AvgIpc) is 2.73. The van der Waals surface area contributed by atoms with Crippen LogP contribution in [0.2, 0.25) is 0 Å². The summed E-state index contributed by atoms with van der Waals surface area (Å²) in [6.45, 7) is 0.235. The predicted molar refractivity (Wildman–Crippen MR) is 60.3 cm³/mol. The summed E-state index contributed by atoms with van der Waals surface area (Å²) in [6.07, 6.45) is -4.50. The highest BCUT2D eigenvalue weighted by Crippen LogP contribution is 2.31. The summed E-state index contributed by atoms with van der Waals surface area (Å²) >= 11 is 0. The normalized spacial score (nSPS) is 19.1. The molecule has 0 aromatic heterocycles. The molecule has 1 aromatic rings. The Kier molecular flexibility index (Phi) is 3.46. The fourth-order valence-corrected chi connectivity index (χ4v) is 1.90. The van der Waals surface area contributed by atoms with E-state index in [0.717, 1.165) is 12.1 Å². The van der Waals surface area contributed by atoms with Crippen LogP contribution in [-0.2, 0) is 11.0 Å². The summed E-state index contributed by atoms with van der Waals surface area (Å²) in [4.78, 5) is 22.8. The molecule has 0 spiro atoms. The number of benzene rings is 1. The van der Waals surface area contributed by atoms with E-state index in [9.17, 15) is 22.8 Å². The lowest BCUT2D eigenvalue weighted by atomic mass is 10.1. The molecule has 0 unspecified atom stereocenters. The Bertz CT molecular complexity index is 514. The van der Waals surface area contributed by atoms with Gasteiger partial charge in [0.05, 0.1) is 17.2 Å². The number of amides is 2. The molecular formula is C12H11F3N2O2. The number of carbonyl (C=O) groups is 2. The first-order valence-electron chi connectivity index (χ1n) is 5.61.